The summed E-state index contributed by atoms with van der Waals surface area (Å²) in [5.41, 5.74) is 0.400. The Bertz CT molecular complexity index is 774. The standard InChI is InChI=1S/C22H25N3O2/c1-17-12-14-24(15-13-17)16-25-20(26)22(23-21(25)27,18-8-4-2-5-9-18)19-10-6-3-7-11-19/h2-11,17H,12-16H2,1H3,(H,23,27). The van der Waals surface area contributed by atoms with Crippen molar-refractivity contribution in [2.24, 2.45) is 5.92 Å². The molecule has 2 aromatic carbocycles. The molecule has 140 valence electrons. The fourth-order valence-electron chi connectivity index (χ4n) is 4.04. The van der Waals surface area contributed by atoms with Crippen molar-refractivity contribution in [3.05, 3.63) is 71.8 Å². The molecule has 3 amide bonds. The van der Waals surface area contributed by atoms with Crippen LogP contribution >= 0.6 is 0 Å². The predicted octanol–water partition coefficient (Wildman–Crippen LogP) is 3.17. The van der Waals surface area contributed by atoms with Gasteiger partial charge >= 0.3 is 6.03 Å². The second kappa shape index (κ2) is 7.16. The third-order valence-electron chi connectivity index (χ3n) is 5.74. The summed E-state index contributed by atoms with van der Waals surface area (Å²) < 4.78 is 0. The molecule has 0 radical (unpaired) electrons. The summed E-state index contributed by atoms with van der Waals surface area (Å²) in [6.07, 6.45) is 2.21. The summed E-state index contributed by atoms with van der Waals surface area (Å²) in [6.45, 7) is 4.43. The fraction of sp³-hybridized carbons (Fsp3) is 0.364. The molecule has 2 aliphatic heterocycles. The predicted molar refractivity (Wildman–Crippen MR) is 104 cm³/mol. The Morgan fingerprint density at radius 1 is 0.926 bits per heavy atom. The molecule has 0 aliphatic carbocycles. The van der Waals surface area contributed by atoms with Crippen molar-refractivity contribution in [3.63, 3.8) is 0 Å². The number of nitrogens with one attached hydrogen (secondary N) is 1. The number of hydrogen-bond acceptors (Lipinski definition) is 3. The van der Waals surface area contributed by atoms with Crippen LogP contribution in [0.25, 0.3) is 0 Å². The monoisotopic (exact) mass is 363 g/mol. The molecule has 2 aliphatic rings. The fourth-order valence-corrected chi connectivity index (χ4v) is 4.04. The molecule has 0 saturated carbocycles. The molecule has 1 N–H and O–H groups in total. The van der Waals surface area contributed by atoms with Crippen LogP contribution in [0.5, 0.6) is 0 Å². The van der Waals surface area contributed by atoms with Gasteiger partial charge in [-0.2, -0.15) is 0 Å². The summed E-state index contributed by atoms with van der Waals surface area (Å²) in [4.78, 5) is 30.0. The Labute approximate surface area is 160 Å². The number of amides is 3. The first kappa shape index (κ1) is 17.7. The molecule has 2 heterocycles. The van der Waals surface area contributed by atoms with E-state index in [-0.39, 0.29) is 11.9 Å². The first-order chi connectivity index (χ1) is 13.1. The lowest BCUT2D eigenvalue weighted by atomic mass is 9.83. The highest BCUT2D eigenvalue weighted by atomic mass is 16.2. The van der Waals surface area contributed by atoms with E-state index in [2.05, 4.69) is 17.1 Å². The summed E-state index contributed by atoms with van der Waals surface area (Å²) in [7, 11) is 0. The maximum absolute atomic E-state index is 13.6. The smallest absolute Gasteiger partial charge is 0.315 e. The molecule has 27 heavy (non-hydrogen) atoms. The van der Waals surface area contributed by atoms with Crippen LogP contribution < -0.4 is 5.32 Å². The third kappa shape index (κ3) is 3.12. The van der Waals surface area contributed by atoms with Crippen LogP contribution in [0.1, 0.15) is 30.9 Å². The lowest BCUT2D eigenvalue weighted by Crippen LogP contribution is -2.47. The quantitative estimate of drug-likeness (QED) is 0.849. The van der Waals surface area contributed by atoms with Gasteiger partial charge in [0.05, 0.1) is 6.67 Å². The van der Waals surface area contributed by atoms with Crippen molar-refractivity contribution in [1.29, 1.82) is 0 Å². The van der Waals surface area contributed by atoms with Gasteiger partial charge in [-0.05, 0) is 29.9 Å². The first-order valence-electron chi connectivity index (χ1n) is 9.59. The van der Waals surface area contributed by atoms with Crippen molar-refractivity contribution in [2.45, 2.75) is 25.3 Å². The maximum atomic E-state index is 13.6. The first-order valence-corrected chi connectivity index (χ1v) is 9.59. The molecule has 5 heteroatoms. The minimum atomic E-state index is -1.16. The highest BCUT2D eigenvalue weighted by molar-refractivity contribution is 6.09. The summed E-state index contributed by atoms with van der Waals surface area (Å²) in [6, 6.07) is 18.7. The normalized spacial score (nSPS) is 20.7. The van der Waals surface area contributed by atoms with Gasteiger partial charge in [-0.15, -0.1) is 0 Å². The van der Waals surface area contributed by atoms with E-state index in [0.717, 1.165) is 37.1 Å². The van der Waals surface area contributed by atoms with Crippen LogP contribution in [0, 0.1) is 5.92 Å². The molecule has 0 aromatic heterocycles. The van der Waals surface area contributed by atoms with Crippen molar-refractivity contribution in [2.75, 3.05) is 19.8 Å². The lowest BCUT2D eigenvalue weighted by molar-refractivity contribution is -0.132. The minimum absolute atomic E-state index is 0.205. The number of nitrogens with zero attached hydrogens (tertiary/aromatic N) is 2. The van der Waals surface area contributed by atoms with Gasteiger partial charge in [0.25, 0.3) is 5.91 Å². The molecule has 0 spiro atoms. The summed E-state index contributed by atoms with van der Waals surface area (Å²) in [5.74, 6) is 0.501. The number of piperidine rings is 1. The number of likely N-dealkylation sites (tertiary alicyclic amines) is 1. The molecule has 4 rings (SSSR count). The van der Waals surface area contributed by atoms with Gasteiger partial charge in [-0.3, -0.25) is 9.69 Å². The topological polar surface area (TPSA) is 52.6 Å². The van der Waals surface area contributed by atoms with Crippen molar-refractivity contribution < 1.29 is 9.59 Å². The van der Waals surface area contributed by atoms with Gasteiger partial charge in [0.15, 0.2) is 5.54 Å². The van der Waals surface area contributed by atoms with Crippen LogP contribution in [0.2, 0.25) is 0 Å². The molecule has 2 saturated heterocycles. The van der Waals surface area contributed by atoms with E-state index in [1.165, 1.54) is 4.90 Å². The molecule has 5 nitrogen and oxygen atoms in total. The van der Waals surface area contributed by atoms with Gasteiger partial charge < -0.3 is 5.32 Å². The molecule has 0 unspecified atom stereocenters. The molecular weight excluding hydrogens is 338 g/mol. The molecule has 0 bridgehead atoms. The van der Waals surface area contributed by atoms with E-state index in [1.807, 2.05) is 60.7 Å². The highest BCUT2D eigenvalue weighted by Gasteiger charge is 2.53. The van der Waals surface area contributed by atoms with E-state index in [0.29, 0.717) is 12.6 Å². The van der Waals surface area contributed by atoms with E-state index in [1.54, 1.807) is 0 Å². The van der Waals surface area contributed by atoms with Crippen LogP contribution in [0.4, 0.5) is 4.79 Å². The maximum Gasteiger partial charge on any atom is 0.326 e. The third-order valence-corrected chi connectivity index (χ3v) is 5.74. The average molecular weight is 363 g/mol. The lowest BCUT2D eigenvalue weighted by Gasteiger charge is -2.33. The number of rotatable bonds is 4. The van der Waals surface area contributed by atoms with E-state index < -0.39 is 5.54 Å². The Morgan fingerprint density at radius 3 is 1.96 bits per heavy atom. The molecule has 0 atom stereocenters. The van der Waals surface area contributed by atoms with Gasteiger partial charge in [-0.25, -0.2) is 9.69 Å². The second-order valence-electron chi connectivity index (χ2n) is 7.59. The highest BCUT2D eigenvalue weighted by Crippen LogP contribution is 2.36. The van der Waals surface area contributed by atoms with Crippen LogP contribution in [-0.2, 0) is 10.3 Å². The minimum Gasteiger partial charge on any atom is -0.315 e. The van der Waals surface area contributed by atoms with Gasteiger partial charge in [0, 0.05) is 13.1 Å². The number of urea groups is 1. The molecular formula is C22H25N3O2. The Balaban J connectivity index is 1.69. The van der Waals surface area contributed by atoms with Crippen molar-refractivity contribution in [1.82, 2.24) is 15.1 Å². The summed E-state index contributed by atoms with van der Waals surface area (Å²) >= 11 is 0. The van der Waals surface area contributed by atoms with Crippen LogP contribution in [-0.4, -0.2) is 41.5 Å². The van der Waals surface area contributed by atoms with E-state index in [4.69, 9.17) is 0 Å². The zero-order chi connectivity index (χ0) is 18.9. The van der Waals surface area contributed by atoms with E-state index >= 15 is 0 Å². The Hall–Kier alpha value is -2.66. The summed E-state index contributed by atoms with van der Waals surface area (Å²) in [5, 5.41) is 3.01. The number of benzene rings is 2. The van der Waals surface area contributed by atoms with Crippen LogP contribution in [0.3, 0.4) is 0 Å². The average Bonchev–Trinajstić information content (AvgIpc) is 2.96. The van der Waals surface area contributed by atoms with Gasteiger partial charge in [-0.1, -0.05) is 67.6 Å². The van der Waals surface area contributed by atoms with Crippen molar-refractivity contribution >= 4 is 11.9 Å². The van der Waals surface area contributed by atoms with Crippen LogP contribution in [0.15, 0.2) is 60.7 Å². The zero-order valence-corrected chi connectivity index (χ0v) is 15.6. The van der Waals surface area contributed by atoms with Gasteiger partial charge in [0.2, 0.25) is 0 Å². The van der Waals surface area contributed by atoms with Gasteiger partial charge in [0.1, 0.15) is 0 Å². The largest absolute Gasteiger partial charge is 0.326 e. The SMILES string of the molecule is CC1CCN(CN2C(=O)NC(c3ccccc3)(c3ccccc3)C2=O)CC1. The molecule has 2 aromatic rings. The van der Waals surface area contributed by atoms with E-state index in [9.17, 15) is 9.59 Å². The number of carbonyl (C=O) groups is 2. The molecule has 2 fully saturated rings. The Morgan fingerprint density at radius 2 is 1.44 bits per heavy atom. The number of imide groups is 1. The Kier molecular flexibility index (Phi) is 4.70. The second-order valence-corrected chi connectivity index (χ2v) is 7.59. The number of carbonyl (C=O) groups excluding carboxylic acids is 2. The van der Waals surface area contributed by atoms with Crippen molar-refractivity contribution in [3.8, 4) is 0 Å². The number of hydrogen-bond donors (Lipinski definition) is 1. The zero-order valence-electron chi connectivity index (χ0n) is 15.6.